The van der Waals surface area contributed by atoms with Gasteiger partial charge in [-0.3, -0.25) is 0 Å². The van der Waals surface area contributed by atoms with Gasteiger partial charge in [0.2, 0.25) is 0 Å². The number of aromatic nitrogens is 2. The number of hydrogen-bond donors (Lipinski definition) is 0. The highest BCUT2D eigenvalue weighted by molar-refractivity contribution is 9.10. The molecule has 2 aromatic rings. The summed E-state index contributed by atoms with van der Waals surface area (Å²) in [6.07, 6.45) is 2.58. The van der Waals surface area contributed by atoms with E-state index in [0.29, 0.717) is 0 Å². The van der Waals surface area contributed by atoms with E-state index in [9.17, 15) is 4.57 Å². The third-order valence-electron chi connectivity index (χ3n) is 2.93. The molecule has 8 heteroatoms. The molecule has 0 radical (unpaired) electrons. The third-order valence-corrected chi connectivity index (χ3v) is 4.84. The van der Waals surface area contributed by atoms with Crippen molar-refractivity contribution in [3.05, 3.63) is 57.0 Å². The van der Waals surface area contributed by atoms with Crippen LogP contribution in [0.15, 0.2) is 45.9 Å². The van der Waals surface area contributed by atoms with Crippen LogP contribution in [0.2, 0.25) is 0 Å². The lowest BCUT2D eigenvalue weighted by molar-refractivity contribution is 0.146. The lowest BCUT2D eigenvalue weighted by atomic mass is 10.2. The van der Waals surface area contributed by atoms with Gasteiger partial charge in [-0.15, -0.1) is 9.05 Å². The van der Waals surface area contributed by atoms with E-state index in [1.165, 1.54) is 0 Å². The van der Waals surface area contributed by atoms with E-state index >= 15 is 0 Å². The average molecular weight is 449 g/mol. The zero-order valence-electron chi connectivity index (χ0n) is 11.9. The summed E-state index contributed by atoms with van der Waals surface area (Å²) in [5.74, 6) is 0. The fraction of sp³-hybridized carbons (Fsp3) is 0.286. The predicted molar refractivity (Wildman–Crippen MR) is 90.5 cm³/mol. The molecule has 0 saturated heterocycles. The summed E-state index contributed by atoms with van der Waals surface area (Å²) in [7, 11) is -2.25. The molecule has 0 amide bonds. The quantitative estimate of drug-likeness (QED) is 0.430. The van der Waals surface area contributed by atoms with E-state index in [-0.39, 0.29) is 12.2 Å². The maximum atomic E-state index is 12.0. The van der Waals surface area contributed by atoms with E-state index in [2.05, 4.69) is 41.8 Å². The summed E-state index contributed by atoms with van der Waals surface area (Å²) in [6.45, 7) is 3.60. The normalized spacial score (nSPS) is 14.5. The van der Waals surface area contributed by atoms with Gasteiger partial charge in [0.25, 0.3) is 0 Å². The molecule has 2 atom stereocenters. The monoisotopic (exact) mass is 447 g/mol. The molecule has 2 heterocycles. The van der Waals surface area contributed by atoms with Gasteiger partial charge in [-0.1, -0.05) is 12.1 Å². The molecule has 0 aliphatic rings. The number of hydrogen-bond acceptors (Lipinski definition) is 5. The minimum atomic E-state index is -2.25. The van der Waals surface area contributed by atoms with Gasteiger partial charge in [0.1, 0.15) is 21.4 Å². The van der Waals surface area contributed by atoms with Crippen molar-refractivity contribution >= 4 is 40.1 Å². The topological polar surface area (TPSA) is 61.3 Å². The molecule has 0 fully saturated rings. The van der Waals surface area contributed by atoms with Crippen molar-refractivity contribution in [3.63, 3.8) is 0 Å². The first-order valence-electron chi connectivity index (χ1n) is 6.49. The van der Waals surface area contributed by atoms with Crippen molar-refractivity contribution in [2.75, 3.05) is 0 Å². The van der Waals surface area contributed by atoms with Gasteiger partial charge >= 0.3 is 8.25 Å². The molecule has 0 spiro atoms. The molecule has 0 aliphatic carbocycles. The minimum absolute atomic E-state index is 0.376. The molecule has 116 valence electrons. The van der Waals surface area contributed by atoms with Gasteiger partial charge in [-0.2, -0.15) is 0 Å². The predicted octanol–water partition coefficient (Wildman–Crippen LogP) is 5.51. The van der Waals surface area contributed by atoms with E-state index in [1.807, 2.05) is 12.1 Å². The summed E-state index contributed by atoms with van der Waals surface area (Å²) in [6, 6.07) is 7.32. The lowest BCUT2D eigenvalue weighted by Gasteiger charge is -2.07. The summed E-state index contributed by atoms with van der Waals surface area (Å²) in [4.78, 5) is 8.23. The first-order chi connectivity index (χ1) is 10.5. The molecule has 2 unspecified atom stereocenters. The molecule has 0 N–H and O–H groups in total. The van der Waals surface area contributed by atoms with Crippen molar-refractivity contribution in [1.82, 2.24) is 9.97 Å². The van der Waals surface area contributed by atoms with Gasteiger partial charge in [0.15, 0.2) is 0 Å². The van der Waals surface area contributed by atoms with Crippen LogP contribution in [0.3, 0.4) is 0 Å². The molecule has 22 heavy (non-hydrogen) atoms. The zero-order valence-corrected chi connectivity index (χ0v) is 16.0. The van der Waals surface area contributed by atoms with Gasteiger partial charge in [-0.05, 0) is 57.8 Å². The Balaban J connectivity index is 1.91. The third kappa shape index (κ3) is 5.18. The van der Waals surface area contributed by atoms with E-state index in [4.69, 9.17) is 9.05 Å². The average Bonchev–Trinajstić information content (AvgIpc) is 2.48. The smallest absolute Gasteiger partial charge is 0.249 e. The van der Waals surface area contributed by atoms with Gasteiger partial charge in [0, 0.05) is 28.1 Å². The van der Waals surface area contributed by atoms with Crippen LogP contribution in [-0.2, 0) is 13.6 Å². The Morgan fingerprint density at radius 1 is 0.909 bits per heavy atom. The summed E-state index contributed by atoms with van der Waals surface area (Å²) in [5, 5.41) is 0. The molecule has 2 rings (SSSR count). The molecule has 2 aromatic heterocycles. The van der Waals surface area contributed by atoms with Gasteiger partial charge in [-0.25, -0.2) is 9.97 Å². The van der Waals surface area contributed by atoms with Gasteiger partial charge < -0.3 is 0 Å². The van der Waals surface area contributed by atoms with Crippen LogP contribution in [-0.4, -0.2) is 9.97 Å². The van der Waals surface area contributed by atoms with Crippen LogP contribution >= 0.6 is 40.1 Å². The Bertz CT molecular complexity index is 582. The van der Waals surface area contributed by atoms with E-state index in [1.54, 1.807) is 38.4 Å². The molecule has 5 nitrogen and oxygen atoms in total. The van der Waals surface area contributed by atoms with Crippen LogP contribution in [0.5, 0.6) is 0 Å². The Kier molecular flexibility index (Phi) is 6.59. The summed E-state index contributed by atoms with van der Waals surface area (Å²) >= 11 is 6.53. The Morgan fingerprint density at radius 3 is 1.64 bits per heavy atom. The van der Waals surface area contributed by atoms with Crippen molar-refractivity contribution in [2.45, 2.75) is 26.1 Å². The molecule has 0 aliphatic heterocycles. The number of pyridine rings is 2. The second kappa shape index (κ2) is 8.22. The summed E-state index contributed by atoms with van der Waals surface area (Å²) < 4.78 is 24.3. The van der Waals surface area contributed by atoms with Crippen LogP contribution in [0, 0.1) is 0 Å². The van der Waals surface area contributed by atoms with Crippen LogP contribution in [0.1, 0.15) is 37.2 Å². The fourth-order valence-electron chi connectivity index (χ4n) is 1.66. The first-order valence-corrected chi connectivity index (χ1v) is 9.17. The Hall–Kier alpha value is -0.720. The van der Waals surface area contributed by atoms with Crippen molar-refractivity contribution in [1.29, 1.82) is 0 Å². The SMILES string of the molecule is CC(O[P+](=O)OC(C)c1ccc(Br)nc1)c1ccc(Br)nc1. The largest absolute Gasteiger partial charge is 0.698 e. The lowest BCUT2D eigenvalue weighted by Crippen LogP contribution is -1.99. The Morgan fingerprint density at radius 2 is 1.32 bits per heavy atom. The number of nitrogens with zero attached hydrogens (tertiary/aromatic N) is 2. The molecule has 0 bridgehead atoms. The summed E-state index contributed by atoms with van der Waals surface area (Å²) in [5.41, 5.74) is 1.65. The highest BCUT2D eigenvalue weighted by Crippen LogP contribution is 2.37. The molecule has 0 aromatic carbocycles. The second-order valence-electron chi connectivity index (χ2n) is 4.55. The van der Waals surface area contributed by atoms with E-state index in [0.717, 1.165) is 20.3 Å². The van der Waals surface area contributed by atoms with Crippen LogP contribution < -0.4 is 0 Å². The van der Waals surface area contributed by atoms with Crippen molar-refractivity contribution in [2.24, 2.45) is 0 Å². The maximum absolute atomic E-state index is 12.0. The highest BCUT2D eigenvalue weighted by atomic mass is 79.9. The van der Waals surface area contributed by atoms with Gasteiger partial charge in [0.05, 0.1) is 0 Å². The van der Waals surface area contributed by atoms with Crippen molar-refractivity contribution < 1.29 is 13.6 Å². The highest BCUT2D eigenvalue weighted by Gasteiger charge is 2.29. The first kappa shape index (κ1) is 17.6. The van der Waals surface area contributed by atoms with Crippen molar-refractivity contribution in [3.8, 4) is 0 Å². The fourth-order valence-corrected chi connectivity index (χ4v) is 2.94. The van der Waals surface area contributed by atoms with Crippen LogP contribution in [0.4, 0.5) is 0 Å². The Labute approximate surface area is 146 Å². The molecular weight excluding hydrogens is 435 g/mol. The second-order valence-corrected chi connectivity index (χ2v) is 7.04. The molecule has 0 saturated carbocycles. The minimum Gasteiger partial charge on any atom is -0.249 e. The molecular formula is C14H14Br2N2O3P+. The van der Waals surface area contributed by atoms with E-state index < -0.39 is 8.25 Å². The standard InChI is InChI=1S/C14H14Br2N2O3P/c1-9(11-3-5-13(15)17-7-11)20-22(19)21-10(2)12-4-6-14(16)18-8-12/h3-10H,1-2H3/q+1. The van der Waals surface area contributed by atoms with Crippen LogP contribution in [0.25, 0.3) is 0 Å². The number of halogens is 2. The number of rotatable bonds is 6. The zero-order chi connectivity index (χ0) is 16.1. The maximum Gasteiger partial charge on any atom is 0.698 e.